The number of rotatable bonds is 3. The highest BCUT2D eigenvalue weighted by Gasteiger charge is 2.09. The van der Waals surface area contributed by atoms with Crippen LogP contribution in [0.2, 0.25) is 0 Å². The van der Waals surface area contributed by atoms with Crippen LogP contribution in [0.25, 0.3) is 22.4 Å². The summed E-state index contributed by atoms with van der Waals surface area (Å²) in [5.74, 6) is 4.08. The van der Waals surface area contributed by atoms with Crippen molar-refractivity contribution < 1.29 is 0 Å². The van der Waals surface area contributed by atoms with E-state index in [9.17, 15) is 0 Å². The van der Waals surface area contributed by atoms with Crippen LogP contribution in [-0.4, -0.2) is 25.9 Å². The monoisotopic (exact) mass is 266 g/mol. The number of aromatic nitrogens is 4. The number of hydrogen-bond donors (Lipinski definition) is 1. The molecule has 0 radical (unpaired) electrons. The van der Waals surface area contributed by atoms with Crippen molar-refractivity contribution in [1.29, 1.82) is 0 Å². The van der Waals surface area contributed by atoms with E-state index in [1.165, 1.54) is 0 Å². The molecule has 0 fully saturated rings. The van der Waals surface area contributed by atoms with Gasteiger partial charge >= 0.3 is 0 Å². The third kappa shape index (κ3) is 2.30. The van der Waals surface area contributed by atoms with Crippen molar-refractivity contribution in [2.45, 2.75) is 4.90 Å². The average molecular weight is 266 g/mol. The SMILES string of the molecule is C#CCSc1ccccc1-c1nc2cnncc2[nH]1. The molecule has 0 atom stereocenters. The molecule has 2 aromatic heterocycles. The Morgan fingerprint density at radius 2 is 2.05 bits per heavy atom. The Labute approximate surface area is 114 Å². The van der Waals surface area contributed by atoms with Gasteiger partial charge < -0.3 is 4.98 Å². The van der Waals surface area contributed by atoms with Crippen molar-refractivity contribution >= 4 is 22.8 Å². The molecule has 0 saturated heterocycles. The zero-order valence-electron chi connectivity index (χ0n) is 10.00. The van der Waals surface area contributed by atoms with Gasteiger partial charge in [0.05, 0.1) is 23.7 Å². The highest BCUT2D eigenvalue weighted by Crippen LogP contribution is 2.30. The summed E-state index contributed by atoms with van der Waals surface area (Å²) in [7, 11) is 0. The fourth-order valence-electron chi connectivity index (χ4n) is 1.81. The van der Waals surface area contributed by atoms with E-state index in [0.717, 1.165) is 27.3 Å². The summed E-state index contributed by atoms with van der Waals surface area (Å²) in [6, 6.07) is 8.05. The Kier molecular flexibility index (Phi) is 3.17. The van der Waals surface area contributed by atoms with Gasteiger partial charge in [-0.3, -0.25) is 0 Å². The first kappa shape index (κ1) is 11.8. The van der Waals surface area contributed by atoms with E-state index in [0.29, 0.717) is 5.75 Å². The number of fused-ring (bicyclic) bond motifs is 1. The lowest BCUT2D eigenvalue weighted by Crippen LogP contribution is -1.85. The summed E-state index contributed by atoms with van der Waals surface area (Å²) >= 11 is 1.62. The zero-order valence-corrected chi connectivity index (χ0v) is 10.8. The highest BCUT2D eigenvalue weighted by atomic mass is 32.2. The Morgan fingerprint density at radius 3 is 2.89 bits per heavy atom. The van der Waals surface area contributed by atoms with Crippen LogP contribution in [0.1, 0.15) is 0 Å². The van der Waals surface area contributed by atoms with Gasteiger partial charge in [-0.1, -0.05) is 24.1 Å². The summed E-state index contributed by atoms with van der Waals surface area (Å²) in [6.07, 6.45) is 8.63. The van der Waals surface area contributed by atoms with Gasteiger partial charge in [0.1, 0.15) is 11.3 Å². The second-order valence-electron chi connectivity index (χ2n) is 3.86. The fraction of sp³-hybridized carbons (Fsp3) is 0.0714. The Hall–Kier alpha value is -2.32. The molecule has 0 unspecified atom stereocenters. The molecule has 0 aliphatic rings. The van der Waals surface area contributed by atoms with Gasteiger partial charge in [-0.25, -0.2) is 4.98 Å². The Balaban J connectivity index is 2.08. The maximum Gasteiger partial charge on any atom is 0.139 e. The second-order valence-corrected chi connectivity index (χ2v) is 4.88. The molecule has 0 saturated carbocycles. The number of H-pyrrole nitrogens is 1. The van der Waals surface area contributed by atoms with Crippen molar-refractivity contribution in [3.8, 4) is 23.7 Å². The van der Waals surface area contributed by atoms with Crippen LogP contribution >= 0.6 is 11.8 Å². The summed E-state index contributed by atoms with van der Waals surface area (Å²) in [4.78, 5) is 8.89. The van der Waals surface area contributed by atoms with Gasteiger partial charge in [0.2, 0.25) is 0 Å². The number of benzene rings is 1. The fourth-order valence-corrected chi connectivity index (χ4v) is 2.55. The molecule has 92 valence electrons. The molecule has 3 rings (SSSR count). The first-order valence-corrected chi connectivity index (χ1v) is 6.69. The molecule has 0 spiro atoms. The number of nitrogens with one attached hydrogen (secondary N) is 1. The lowest BCUT2D eigenvalue weighted by Gasteiger charge is -2.04. The van der Waals surface area contributed by atoms with E-state index in [-0.39, 0.29) is 0 Å². The lowest BCUT2D eigenvalue weighted by atomic mass is 10.2. The van der Waals surface area contributed by atoms with Gasteiger partial charge in [-0.2, -0.15) is 10.2 Å². The first-order chi connectivity index (χ1) is 9.38. The molecule has 3 aromatic rings. The van der Waals surface area contributed by atoms with E-state index in [1.54, 1.807) is 24.2 Å². The third-order valence-corrected chi connectivity index (χ3v) is 3.63. The van der Waals surface area contributed by atoms with Crippen LogP contribution in [0.4, 0.5) is 0 Å². The number of terminal acetylenes is 1. The van der Waals surface area contributed by atoms with Crippen LogP contribution in [0.5, 0.6) is 0 Å². The molecule has 1 N–H and O–H groups in total. The van der Waals surface area contributed by atoms with E-state index in [2.05, 4.69) is 26.1 Å². The Morgan fingerprint density at radius 1 is 1.21 bits per heavy atom. The molecule has 0 amide bonds. The molecule has 0 bridgehead atoms. The second kappa shape index (κ2) is 5.12. The van der Waals surface area contributed by atoms with Crippen molar-refractivity contribution in [3.05, 3.63) is 36.7 Å². The maximum absolute atomic E-state index is 5.32. The van der Waals surface area contributed by atoms with Crippen LogP contribution in [-0.2, 0) is 0 Å². The molecule has 0 aliphatic heterocycles. The minimum Gasteiger partial charge on any atom is -0.337 e. The zero-order chi connectivity index (χ0) is 13.1. The number of imidazole rings is 1. The average Bonchev–Trinajstić information content (AvgIpc) is 2.89. The van der Waals surface area contributed by atoms with Gasteiger partial charge in [0, 0.05) is 10.5 Å². The maximum atomic E-state index is 5.32. The predicted octanol–water partition coefficient (Wildman–Crippen LogP) is 2.75. The van der Waals surface area contributed by atoms with Crippen LogP contribution in [0.3, 0.4) is 0 Å². The number of thioether (sulfide) groups is 1. The summed E-state index contributed by atoms with van der Waals surface area (Å²) in [5, 5.41) is 7.67. The Bertz CT molecular complexity index is 724. The molecular formula is C14H10N4S. The quantitative estimate of drug-likeness (QED) is 0.585. The minimum absolute atomic E-state index is 0.639. The number of aromatic amines is 1. The van der Waals surface area contributed by atoms with Gasteiger partial charge in [-0.05, 0) is 6.07 Å². The molecule has 4 nitrogen and oxygen atoms in total. The molecule has 0 aliphatic carbocycles. The molecule has 5 heteroatoms. The largest absolute Gasteiger partial charge is 0.337 e. The number of nitrogens with zero attached hydrogens (tertiary/aromatic N) is 3. The van der Waals surface area contributed by atoms with Crippen molar-refractivity contribution in [3.63, 3.8) is 0 Å². The number of hydrogen-bond acceptors (Lipinski definition) is 4. The normalized spacial score (nSPS) is 10.5. The summed E-state index contributed by atoms with van der Waals surface area (Å²) in [6.45, 7) is 0. The van der Waals surface area contributed by atoms with Crippen LogP contribution < -0.4 is 0 Å². The van der Waals surface area contributed by atoms with Crippen LogP contribution in [0, 0.1) is 12.3 Å². The predicted molar refractivity (Wildman–Crippen MR) is 76.7 cm³/mol. The van der Waals surface area contributed by atoms with E-state index >= 15 is 0 Å². The topological polar surface area (TPSA) is 54.5 Å². The van der Waals surface area contributed by atoms with Gasteiger partial charge in [-0.15, -0.1) is 18.2 Å². The smallest absolute Gasteiger partial charge is 0.139 e. The summed E-state index contributed by atoms with van der Waals surface area (Å²) in [5.41, 5.74) is 2.72. The first-order valence-electron chi connectivity index (χ1n) is 5.70. The lowest BCUT2D eigenvalue weighted by molar-refractivity contribution is 1.05. The molecular weight excluding hydrogens is 256 g/mol. The summed E-state index contributed by atoms with van der Waals surface area (Å²) < 4.78 is 0. The molecule has 1 aromatic carbocycles. The van der Waals surface area contributed by atoms with E-state index < -0.39 is 0 Å². The standard InChI is InChI=1S/C14H10N4S/c1-2-7-19-13-6-4-3-5-10(13)14-17-11-8-15-16-9-12(11)18-14/h1,3-6,8-9H,7H2,(H,17,18). The van der Waals surface area contributed by atoms with Crippen molar-refractivity contribution in [2.75, 3.05) is 5.75 Å². The van der Waals surface area contributed by atoms with E-state index in [1.807, 2.05) is 24.3 Å². The van der Waals surface area contributed by atoms with Crippen LogP contribution in [0.15, 0.2) is 41.6 Å². The highest BCUT2D eigenvalue weighted by molar-refractivity contribution is 7.99. The van der Waals surface area contributed by atoms with Crippen molar-refractivity contribution in [2.24, 2.45) is 0 Å². The minimum atomic E-state index is 0.639. The third-order valence-electron chi connectivity index (χ3n) is 2.65. The molecule has 19 heavy (non-hydrogen) atoms. The molecule has 2 heterocycles. The van der Waals surface area contributed by atoms with Gasteiger partial charge in [0.15, 0.2) is 0 Å². The van der Waals surface area contributed by atoms with E-state index in [4.69, 9.17) is 6.42 Å². The van der Waals surface area contributed by atoms with Gasteiger partial charge in [0.25, 0.3) is 0 Å². The van der Waals surface area contributed by atoms with Crippen molar-refractivity contribution in [1.82, 2.24) is 20.2 Å².